The van der Waals surface area contributed by atoms with E-state index >= 15 is 0 Å². The molecular weight excluding hydrogens is 112 g/mol. The van der Waals surface area contributed by atoms with Gasteiger partial charge in [0.25, 0.3) is 0 Å². The van der Waals surface area contributed by atoms with Crippen molar-refractivity contribution < 1.29 is 8.78 Å². The van der Waals surface area contributed by atoms with Crippen LogP contribution >= 0.6 is 0 Å². The van der Waals surface area contributed by atoms with Gasteiger partial charge in [0.05, 0.1) is 0 Å². The fraction of sp³-hybridized carbons (Fsp3) is 1.00. The minimum absolute atomic E-state index is 0.125. The molecule has 0 aromatic rings. The van der Waals surface area contributed by atoms with Crippen LogP contribution in [0.15, 0.2) is 0 Å². The molecule has 0 amide bonds. The van der Waals surface area contributed by atoms with Gasteiger partial charge in [-0.3, -0.25) is 4.90 Å². The molecule has 0 saturated heterocycles. The second-order valence-corrected chi connectivity index (χ2v) is 1.91. The van der Waals surface area contributed by atoms with E-state index < -0.39 is 6.05 Å². The van der Waals surface area contributed by atoms with Crippen molar-refractivity contribution in [2.45, 2.75) is 19.4 Å². The van der Waals surface area contributed by atoms with Crippen LogP contribution < -0.4 is 0 Å². The monoisotopic (exact) mass is 123 g/mol. The molecule has 3 heteroatoms. The molecule has 0 rings (SSSR count). The molecule has 0 bridgehead atoms. The molecule has 1 nitrogen and oxygen atoms in total. The number of hydrogen-bond donors (Lipinski definition) is 0. The van der Waals surface area contributed by atoms with Gasteiger partial charge in [-0.15, -0.1) is 0 Å². The first-order chi connectivity index (χ1) is 3.50. The summed E-state index contributed by atoms with van der Waals surface area (Å²) in [5.41, 5.74) is 0. The third-order valence-corrected chi connectivity index (χ3v) is 1.08. The van der Waals surface area contributed by atoms with Gasteiger partial charge in [-0.2, -0.15) is 8.78 Å². The highest BCUT2D eigenvalue weighted by atomic mass is 19.3. The molecule has 0 unspecified atom stereocenters. The third kappa shape index (κ3) is 1.74. The highest BCUT2D eigenvalue weighted by Gasteiger charge is 2.28. The van der Waals surface area contributed by atoms with Crippen molar-refractivity contribution in [3.63, 3.8) is 0 Å². The van der Waals surface area contributed by atoms with E-state index in [1.807, 2.05) is 0 Å². The average Bonchev–Trinajstić information content (AvgIpc) is 1.67. The second-order valence-electron chi connectivity index (χ2n) is 1.91. The smallest absolute Gasteiger partial charge is 0.251 e. The summed E-state index contributed by atoms with van der Waals surface area (Å²) in [5.74, 6) is 0. The van der Waals surface area contributed by atoms with Crippen LogP contribution in [0.25, 0.3) is 0 Å². The largest absolute Gasteiger partial charge is 0.304 e. The average molecular weight is 123 g/mol. The van der Waals surface area contributed by atoms with Crippen LogP contribution in [-0.2, 0) is 0 Å². The molecule has 0 aliphatic rings. The third-order valence-electron chi connectivity index (χ3n) is 1.08. The molecule has 50 valence electrons. The molecule has 0 atom stereocenters. The number of nitrogens with zero attached hydrogens (tertiary/aromatic N) is 1. The minimum atomic E-state index is -2.62. The lowest BCUT2D eigenvalue weighted by atomic mass is 10.4. The van der Waals surface area contributed by atoms with Gasteiger partial charge in [0, 0.05) is 6.42 Å². The summed E-state index contributed by atoms with van der Waals surface area (Å²) in [5, 5.41) is 0. The van der Waals surface area contributed by atoms with Crippen molar-refractivity contribution in [2.24, 2.45) is 0 Å². The van der Waals surface area contributed by atoms with Crippen molar-refractivity contribution in [1.29, 1.82) is 0 Å². The predicted molar refractivity (Wildman–Crippen MR) is 28.9 cm³/mol. The zero-order chi connectivity index (χ0) is 6.78. The summed E-state index contributed by atoms with van der Waals surface area (Å²) in [7, 11) is 2.73. The molecule has 0 spiro atoms. The Labute approximate surface area is 48.3 Å². The summed E-state index contributed by atoms with van der Waals surface area (Å²) in [6.07, 6.45) is -0.125. The summed E-state index contributed by atoms with van der Waals surface area (Å²) < 4.78 is 24.4. The van der Waals surface area contributed by atoms with Gasteiger partial charge in [0.2, 0.25) is 0 Å². The van der Waals surface area contributed by atoms with E-state index in [1.54, 1.807) is 0 Å². The molecule has 0 aromatic heterocycles. The molecule has 0 aliphatic carbocycles. The Balaban J connectivity index is 3.71. The Hall–Kier alpha value is -0.180. The molecule has 0 saturated carbocycles. The summed E-state index contributed by atoms with van der Waals surface area (Å²) in [6, 6.07) is -2.62. The molecule has 0 radical (unpaired) electrons. The van der Waals surface area contributed by atoms with E-state index in [9.17, 15) is 8.78 Å². The maximum Gasteiger partial charge on any atom is 0.304 e. The second kappa shape index (κ2) is 2.40. The van der Waals surface area contributed by atoms with Gasteiger partial charge < -0.3 is 0 Å². The molecule has 0 heterocycles. The van der Waals surface area contributed by atoms with E-state index in [0.717, 1.165) is 4.90 Å². The van der Waals surface area contributed by atoms with Crippen LogP contribution in [0.3, 0.4) is 0 Å². The lowest BCUT2D eigenvalue weighted by Crippen LogP contribution is -2.34. The fourth-order valence-electron chi connectivity index (χ4n) is 0.316. The van der Waals surface area contributed by atoms with Crippen molar-refractivity contribution in [1.82, 2.24) is 4.90 Å². The Morgan fingerprint density at radius 3 is 1.75 bits per heavy atom. The van der Waals surface area contributed by atoms with Gasteiger partial charge in [-0.25, -0.2) is 0 Å². The van der Waals surface area contributed by atoms with Crippen LogP contribution in [0.2, 0.25) is 0 Å². The quantitative estimate of drug-likeness (QED) is 0.503. The van der Waals surface area contributed by atoms with Crippen LogP contribution in [0.1, 0.15) is 13.3 Å². The number of alkyl halides is 2. The van der Waals surface area contributed by atoms with Crippen molar-refractivity contribution >= 4 is 0 Å². The molecule has 0 aromatic carbocycles. The summed E-state index contributed by atoms with van der Waals surface area (Å²) in [6.45, 7) is 1.46. The Morgan fingerprint density at radius 2 is 1.75 bits per heavy atom. The number of rotatable bonds is 2. The molecule has 0 aliphatic heterocycles. The fourth-order valence-corrected chi connectivity index (χ4v) is 0.316. The Morgan fingerprint density at radius 1 is 1.38 bits per heavy atom. The van der Waals surface area contributed by atoms with Crippen molar-refractivity contribution in [2.75, 3.05) is 14.1 Å². The number of halogens is 2. The van der Waals surface area contributed by atoms with Crippen molar-refractivity contribution in [3.05, 3.63) is 0 Å². The molecule has 0 fully saturated rings. The first-order valence-electron chi connectivity index (χ1n) is 2.56. The van der Waals surface area contributed by atoms with Crippen LogP contribution in [0, 0.1) is 0 Å². The standard InChI is InChI=1S/C5H11F2N/c1-4-5(6,7)8(2)3/h4H2,1-3H3. The van der Waals surface area contributed by atoms with E-state index in [2.05, 4.69) is 0 Å². The normalized spacial score (nSPS) is 12.8. The topological polar surface area (TPSA) is 3.24 Å². The lowest BCUT2D eigenvalue weighted by Gasteiger charge is -2.21. The van der Waals surface area contributed by atoms with E-state index in [-0.39, 0.29) is 6.42 Å². The first kappa shape index (κ1) is 7.82. The van der Waals surface area contributed by atoms with Crippen molar-refractivity contribution in [3.8, 4) is 0 Å². The molecule has 8 heavy (non-hydrogen) atoms. The van der Waals surface area contributed by atoms with E-state index in [0.29, 0.717) is 0 Å². The van der Waals surface area contributed by atoms with Crippen LogP contribution in [0.4, 0.5) is 8.78 Å². The summed E-state index contributed by atoms with van der Waals surface area (Å²) >= 11 is 0. The van der Waals surface area contributed by atoms with Crippen LogP contribution in [-0.4, -0.2) is 25.0 Å². The van der Waals surface area contributed by atoms with E-state index in [4.69, 9.17) is 0 Å². The lowest BCUT2D eigenvalue weighted by molar-refractivity contribution is -0.123. The zero-order valence-electron chi connectivity index (χ0n) is 5.41. The van der Waals surface area contributed by atoms with Gasteiger partial charge in [-0.1, -0.05) is 6.92 Å². The first-order valence-corrected chi connectivity index (χ1v) is 2.56. The van der Waals surface area contributed by atoms with Gasteiger partial charge in [0.1, 0.15) is 0 Å². The van der Waals surface area contributed by atoms with Gasteiger partial charge >= 0.3 is 6.05 Å². The predicted octanol–water partition coefficient (Wildman–Crippen LogP) is 1.55. The number of hydrogen-bond acceptors (Lipinski definition) is 1. The van der Waals surface area contributed by atoms with Gasteiger partial charge in [0.15, 0.2) is 0 Å². The Bertz CT molecular complexity index is 70.8. The van der Waals surface area contributed by atoms with E-state index in [1.165, 1.54) is 21.0 Å². The van der Waals surface area contributed by atoms with Crippen LogP contribution in [0.5, 0.6) is 0 Å². The highest BCUT2D eigenvalue weighted by Crippen LogP contribution is 2.18. The Kier molecular flexibility index (Phi) is 2.34. The van der Waals surface area contributed by atoms with Gasteiger partial charge in [-0.05, 0) is 14.1 Å². The minimum Gasteiger partial charge on any atom is -0.251 e. The molecular formula is C5H11F2N. The zero-order valence-corrected chi connectivity index (χ0v) is 5.41. The summed E-state index contributed by atoms with van der Waals surface area (Å²) in [4.78, 5) is 0.910. The SMILES string of the molecule is CCC(F)(F)N(C)C. The highest BCUT2D eigenvalue weighted by molar-refractivity contribution is 4.57. The molecule has 0 N–H and O–H groups in total. The maximum atomic E-state index is 12.2. The maximum absolute atomic E-state index is 12.2.